The molecular formula is C12H19N3O2. The zero-order valence-corrected chi connectivity index (χ0v) is 10.5. The number of nitrogens with one attached hydrogen (secondary N) is 1. The number of hydrogen-bond donors (Lipinski definition) is 2. The summed E-state index contributed by atoms with van der Waals surface area (Å²) in [7, 11) is 0. The first kappa shape index (κ1) is 13.3. The van der Waals surface area contributed by atoms with Gasteiger partial charge in [-0.3, -0.25) is 0 Å². The monoisotopic (exact) mass is 237 g/mol. The van der Waals surface area contributed by atoms with E-state index in [-0.39, 0.29) is 0 Å². The van der Waals surface area contributed by atoms with Crippen molar-refractivity contribution < 1.29 is 9.53 Å². The molecule has 0 saturated carbocycles. The second-order valence-electron chi connectivity index (χ2n) is 4.12. The summed E-state index contributed by atoms with van der Waals surface area (Å²) in [5.74, 6) is 0.590. The molecule has 5 nitrogen and oxygen atoms in total. The Morgan fingerprint density at radius 2 is 2.29 bits per heavy atom. The summed E-state index contributed by atoms with van der Waals surface area (Å²) in [4.78, 5) is 15.7. The SMILES string of the molecule is CCOC(=O)c1ccnc(NCC(C)C)c1N. The molecule has 0 saturated heterocycles. The third-order valence-electron chi connectivity index (χ3n) is 2.16. The maximum Gasteiger partial charge on any atom is 0.340 e. The second kappa shape index (κ2) is 6.08. The molecule has 0 fully saturated rings. The minimum absolute atomic E-state index is 0.329. The highest BCUT2D eigenvalue weighted by Crippen LogP contribution is 2.20. The first-order valence-electron chi connectivity index (χ1n) is 5.71. The molecule has 0 radical (unpaired) electrons. The van der Waals surface area contributed by atoms with Gasteiger partial charge in [0.15, 0.2) is 0 Å². The molecule has 0 aromatic carbocycles. The molecule has 0 aliphatic rings. The molecule has 0 bridgehead atoms. The van der Waals surface area contributed by atoms with Gasteiger partial charge in [0.25, 0.3) is 0 Å². The molecule has 0 atom stereocenters. The molecule has 1 heterocycles. The van der Waals surface area contributed by atoms with E-state index in [2.05, 4.69) is 24.1 Å². The van der Waals surface area contributed by atoms with Crippen molar-refractivity contribution in [3.05, 3.63) is 17.8 Å². The van der Waals surface area contributed by atoms with Gasteiger partial charge in [-0.1, -0.05) is 13.8 Å². The Morgan fingerprint density at radius 1 is 1.59 bits per heavy atom. The number of nitrogens with zero attached hydrogens (tertiary/aromatic N) is 1. The Bertz CT molecular complexity index is 391. The summed E-state index contributed by atoms with van der Waals surface area (Å²) in [6.07, 6.45) is 1.55. The van der Waals surface area contributed by atoms with Crippen molar-refractivity contribution in [2.45, 2.75) is 20.8 Å². The molecule has 0 amide bonds. The summed E-state index contributed by atoms with van der Waals surface area (Å²) in [5.41, 5.74) is 6.57. The number of nitrogens with two attached hydrogens (primary N) is 1. The van der Waals surface area contributed by atoms with Crippen molar-refractivity contribution in [1.29, 1.82) is 0 Å². The molecule has 17 heavy (non-hydrogen) atoms. The van der Waals surface area contributed by atoms with Crippen LogP contribution in [-0.4, -0.2) is 24.1 Å². The summed E-state index contributed by atoms with van der Waals surface area (Å²) >= 11 is 0. The Morgan fingerprint density at radius 3 is 2.88 bits per heavy atom. The fourth-order valence-corrected chi connectivity index (χ4v) is 1.30. The Labute approximate surface area is 101 Å². The van der Waals surface area contributed by atoms with E-state index in [9.17, 15) is 4.79 Å². The van der Waals surface area contributed by atoms with Gasteiger partial charge >= 0.3 is 5.97 Å². The number of carbonyl (C=O) groups is 1. The fourth-order valence-electron chi connectivity index (χ4n) is 1.30. The first-order chi connectivity index (χ1) is 8.06. The predicted molar refractivity (Wildman–Crippen MR) is 67.9 cm³/mol. The number of carbonyl (C=O) groups excluding carboxylic acids is 1. The average Bonchev–Trinajstić information content (AvgIpc) is 2.27. The number of nitrogen functional groups attached to an aromatic ring is 1. The number of aromatic nitrogens is 1. The van der Waals surface area contributed by atoms with Crippen LogP contribution in [0.3, 0.4) is 0 Å². The molecule has 1 rings (SSSR count). The summed E-state index contributed by atoms with van der Waals surface area (Å²) in [6.45, 7) is 7.00. The zero-order chi connectivity index (χ0) is 12.8. The van der Waals surface area contributed by atoms with Gasteiger partial charge in [0.05, 0.1) is 17.9 Å². The Hall–Kier alpha value is -1.78. The first-order valence-corrected chi connectivity index (χ1v) is 5.71. The van der Waals surface area contributed by atoms with Crippen LogP contribution in [0.4, 0.5) is 11.5 Å². The Balaban J connectivity index is 2.87. The number of ether oxygens (including phenoxy) is 1. The van der Waals surface area contributed by atoms with Gasteiger partial charge < -0.3 is 15.8 Å². The molecule has 3 N–H and O–H groups in total. The minimum Gasteiger partial charge on any atom is -0.462 e. The summed E-state index contributed by atoms with van der Waals surface area (Å²) in [6, 6.07) is 1.56. The number of esters is 1. The molecule has 0 unspecified atom stereocenters. The highest BCUT2D eigenvalue weighted by Gasteiger charge is 2.14. The van der Waals surface area contributed by atoms with Gasteiger partial charge in [-0.05, 0) is 18.9 Å². The highest BCUT2D eigenvalue weighted by molar-refractivity contribution is 5.97. The second-order valence-corrected chi connectivity index (χ2v) is 4.12. The third-order valence-corrected chi connectivity index (χ3v) is 2.16. The van der Waals surface area contributed by atoms with Gasteiger partial charge in [0, 0.05) is 12.7 Å². The number of rotatable bonds is 5. The maximum absolute atomic E-state index is 11.6. The summed E-state index contributed by atoms with van der Waals surface area (Å²) < 4.78 is 4.91. The van der Waals surface area contributed by atoms with E-state index in [4.69, 9.17) is 10.5 Å². The fraction of sp³-hybridized carbons (Fsp3) is 0.500. The van der Waals surface area contributed by atoms with Gasteiger partial charge in [0.2, 0.25) is 0 Å². The van der Waals surface area contributed by atoms with Crippen LogP contribution in [0.2, 0.25) is 0 Å². The van der Waals surface area contributed by atoms with Gasteiger partial charge in [-0.25, -0.2) is 9.78 Å². The maximum atomic E-state index is 11.6. The van der Waals surface area contributed by atoms with Crippen LogP contribution < -0.4 is 11.1 Å². The molecule has 5 heteroatoms. The van der Waals surface area contributed by atoms with Gasteiger partial charge in [-0.2, -0.15) is 0 Å². The summed E-state index contributed by atoms with van der Waals surface area (Å²) in [5, 5.41) is 3.11. The van der Waals surface area contributed by atoms with E-state index in [0.717, 1.165) is 6.54 Å². The lowest BCUT2D eigenvalue weighted by Gasteiger charge is -2.12. The Kier molecular flexibility index (Phi) is 4.75. The van der Waals surface area contributed by atoms with Crippen molar-refractivity contribution in [1.82, 2.24) is 4.98 Å². The molecule has 1 aromatic rings. The van der Waals surface area contributed by atoms with Crippen LogP contribution in [0.1, 0.15) is 31.1 Å². The standard InChI is InChI=1S/C12H19N3O2/c1-4-17-12(16)9-5-6-14-11(10(9)13)15-7-8(2)3/h5-6,8H,4,7,13H2,1-3H3,(H,14,15). The topological polar surface area (TPSA) is 77.2 Å². The minimum atomic E-state index is -0.417. The van der Waals surface area contributed by atoms with Crippen LogP contribution in [-0.2, 0) is 4.74 Å². The van der Waals surface area contributed by atoms with Crippen LogP contribution in [0.25, 0.3) is 0 Å². The van der Waals surface area contributed by atoms with Gasteiger partial charge in [0.1, 0.15) is 5.82 Å². The predicted octanol–water partition coefficient (Wildman–Crippen LogP) is 1.91. The lowest BCUT2D eigenvalue weighted by Crippen LogP contribution is -2.14. The molecular weight excluding hydrogens is 218 g/mol. The quantitative estimate of drug-likeness (QED) is 0.765. The van der Waals surface area contributed by atoms with E-state index in [1.807, 2.05) is 0 Å². The normalized spacial score (nSPS) is 10.4. The number of pyridine rings is 1. The smallest absolute Gasteiger partial charge is 0.340 e. The molecule has 0 spiro atoms. The van der Waals surface area contributed by atoms with E-state index < -0.39 is 5.97 Å². The van der Waals surface area contributed by atoms with E-state index >= 15 is 0 Å². The third kappa shape index (κ3) is 3.62. The lowest BCUT2D eigenvalue weighted by molar-refractivity contribution is 0.0527. The lowest BCUT2D eigenvalue weighted by atomic mass is 10.2. The molecule has 0 aliphatic carbocycles. The van der Waals surface area contributed by atoms with Crippen molar-refractivity contribution in [2.75, 3.05) is 24.2 Å². The molecule has 94 valence electrons. The van der Waals surface area contributed by atoms with Crippen LogP contribution in [0.5, 0.6) is 0 Å². The van der Waals surface area contributed by atoms with Crippen molar-refractivity contribution >= 4 is 17.5 Å². The number of hydrogen-bond acceptors (Lipinski definition) is 5. The van der Waals surface area contributed by atoms with Crippen LogP contribution in [0, 0.1) is 5.92 Å². The molecule has 1 aromatic heterocycles. The number of anilines is 2. The van der Waals surface area contributed by atoms with Crippen molar-refractivity contribution in [3.8, 4) is 0 Å². The van der Waals surface area contributed by atoms with Crippen molar-refractivity contribution in [2.24, 2.45) is 5.92 Å². The largest absolute Gasteiger partial charge is 0.462 e. The van der Waals surface area contributed by atoms with E-state index in [1.54, 1.807) is 19.2 Å². The van der Waals surface area contributed by atoms with Crippen molar-refractivity contribution in [3.63, 3.8) is 0 Å². The van der Waals surface area contributed by atoms with E-state index in [1.165, 1.54) is 0 Å². The molecule has 0 aliphatic heterocycles. The van der Waals surface area contributed by atoms with E-state index in [0.29, 0.717) is 29.6 Å². The highest BCUT2D eigenvalue weighted by atomic mass is 16.5. The van der Waals surface area contributed by atoms with Crippen LogP contribution in [0.15, 0.2) is 12.3 Å². The van der Waals surface area contributed by atoms with Gasteiger partial charge in [-0.15, -0.1) is 0 Å². The zero-order valence-electron chi connectivity index (χ0n) is 10.5. The average molecular weight is 237 g/mol. The van der Waals surface area contributed by atoms with Crippen LogP contribution >= 0.6 is 0 Å².